The van der Waals surface area contributed by atoms with E-state index in [0.29, 0.717) is 16.6 Å². The molecule has 2 rings (SSSR count). The smallest absolute Gasteiger partial charge is 0.264 e. The molecule has 1 heterocycles. The number of carbonyl (C=O) groups is 1. The number of halogens is 3. The highest BCUT2D eigenvalue weighted by Gasteiger charge is 2.16. The molecular formula is C14H12BrCl2NOS. The van der Waals surface area contributed by atoms with Crippen LogP contribution in [-0.2, 0) is 6.54 Å². The highest BCUT2D eigenvalue weighted by molar-refractivity contribution is 9.11. The molecule has 20 heavy (non-hydrogen) atoms. The maximum absolute atomic E-state index is 12.3. The third kappa shape index (κ3) is 3.55. The van der Waals surface area contributed by atoms with Gasteiger partial charge in [0, 0.05) is 13.6 Å². The molecule has 0 saturated carbocycles. The summed E-state index contributed by atoms with van der Waals surface area (Å²) in [5.41, 5.74) is 2.02. The van der Waals surface area contributed by atoms with E-state index < -0.39 is 0 Å². The summed E-state index contributed by atoms with van der Waals surface area (Å²) >= 11 is 16.7. The molecule has 106 valence electrons. The van der Waals surface area contributed by atoms with Crippen LogP contribution in [0, 0.1) is 6.92 Å². The van der Waals surface area contributed by atoms with E-state index in [1.54, 1.807) is 24.1 Å². The van der Waals surface area contributed by atoms with Gasteiger partial charge in [-0.2, -0.15) is 0 Å². The zero-order valence-corrected chi connectivity index (χ0v) is 14.8. The minimum Gasteiger partial charge on any atom is -0.337 e. The van der Waals surface area contributed by atoms with Crippen LogP contribution < -0.4 is 0 Å². The minimum atomic E-state index is -0.00475. The van der Waals surface area contributed by atoms with Crippen molar-refractivity contribution in [2.24, 2.45) is 0 Å². The van der Waals surface area contributed by atoms with E-state index >= 15 is 0 Å². The number of nitrogens with zero attached hydrogens (tertiary/aromatic N) is 1. The van der Waals surface area contributed by atoms with Crippen molar-refractivity contribution in [1.29, 1.82) is 0 Å². The van der Waals surface area contributed by atoms with Gasteiger partial charge in [0.1, 0.15) is 0 Å². The van der Waals surface area contributed by atoms with Crippen molar-refractivity contribution in [3.05, 3.63) is 54.1 Å². The van der Waals surface area contributed by atoms with E-state index in [2.05, 4.69) is 15.9 Å². The van der Waals surface area contributed by atoms with Gasteiger partial charge in [0.05, 0.1) is 18.7 Å². The Hall–Kier alpha value is -0.550. The molecular weight excluding hydrogens is 381 g/mol. The molecule has 0 fully saturated rings. The van der Waals surface area contributed by atoms with Crippen molar-refractivity contribution in [2.75, 3.05) is 7.05 Å². The Labute approximate surface area is 140 Å². The summed E-state index contributed by atoms with van der Waals surface area (Å²) in [6, 6.07) is 7.28. The molecule has 1 amide bonds. The van der Waals surface area contributed by atoms with Crippen molar-refractivity contribution in [1.82, 2.24) is 4.90 Å². The van der Waals surface area contributed by atoms with Crippen LogP contribution >= 0.6 is 50.5 Å². The first-order valence-electron chi connectivity index (χ1n) is 5.84. The van der Waals surface area contributed by atoms with Crippen LogP contribution in [-0.4, -0.2) is 17.9 Å². The summed E-state index contributed by atoms with van der Waals surface area (Å²) in [7, 11) is 1.77. The van der Waals surface area contributed by atoms with Gasteiger partial charge in [-0.25, -0.2) is 0 Å². The first-order valence-corrected chi connectivity index (χ1v) is 8.20. The third-order valence-corrected chi connectivity index (χ3v) is 5.68. The lowest BCUT2D eigenvalue weighted by Crippen LogP contribution is -2.25. The number of benzene rings is 1. The number of rotatable bonds is 3. The van der Waals surface area contributed by atoms with Gasteiger partial charge < -0.3 is 4.90 Å². The first kappa shape index (κ1) is 15.8. The molecule has 2 aromatic rings. The lowest BCUT2D eigenvalue weighted by molar-refractivity contribution is 0.0790. The van der Waals surface area contributed by atoms with Crippen LogP contribution in [0.5, 0.6) is 0 Å². The van der Waals surface area contributed by atoms with E-state index in [9.17, 15) is 4.79 Å². The first-order chi connectivity index (χ1) is 9.38. The Balaban J connectivity index is 2.13. The van der Waals surface area contributed by atoms with Gasteiger partial charge in [-0.05, 0) is 52.2 Å². The largest absolute Gasteiger partial charge is 0.337 e. The van der Waals surface area contributed by atoms with E-state index in [0.717, 1.165) is 19.8 Å². The van der Waals surface area contributed by atoms with Crippen molar-refractivity contribution in [2.45, 2.75) is 13.5 Å². The second-order valence-corrected chi connectivity index (χ2v) is 7.66. The molecule has 0 bridgehead atoms. The van der Waals surface area contributed by atoms with E-state index in [1.807, 2.05) is 19.1 Å². The van der Waals surface area contributed by atoms with E-state index in [1.165, 1.54) is 11.3 Å². The normalized spacial score (nSPS) is 10.7. The lowest BCUT2D eigenvalue weighted by atomic mass is 10.2. The van der Waals surface area contributed by atoms with Gasteiger partial charge in [0.25, 0.3) is 5.91 Å². The fraction of sp³-hybridized carbons (Fsp3) is 0.214. The molecule has 0 unspecified atom stereocenters. The van der Waals surface area contributed by atoms with Crippen molar-refractivity contribution >= 4 is 56.4 Å². The van der Waals surface area contributed by atoms with Crippen LogP contribution in [0.1, 0.15) is 20.8 Å². The van der Waals surface area contributed by atoms with Crippen molar-refractivity contribution in [3.63, 3.8) is 0 Å². The molecule has 0 saturated heterocycles. The molecule has 0 atom stereocenters. The van der Waals surface area contributed by atoms with Crippen molar-refractivity contribution in [3.8, 4) is 0 Å². The van der Waals surface area contributed by atoms with Crippen LogP contribution in [0.4, 0.5) is 0 Å². The SMILES string of the molecule is Cc1cc(C(=O)N(C)Cc2ccc(Cl)c(Cl)c2)sc1Br. The Morgan fingerprint density at radius 3 is 2.55 bits per heavy atom. The number of amides is 1. The molecule has 0 aliphatic heterocycles. The van der Waals surface area contributed by atoms with Crippen LogP contribution in [0.15, 0.2) is 28.1 Å². The molecule has 0 aliphatic rings. The zero-order chi connectivity index (χ0) is 14.9. The average Bonchev–Trinajstić information content (AvgIpc) is 2.73. The minimum absolute atomic E-state index is 0.00475. The topological polar surface area (TPSA) is 20.3 Å². The lowest BCUT2D eigenvalue weighted by Gasteiger charge is -2.16. The number of aryl methyl sites for hydroxylation is 1. The Kier molecular flexibility index (Phi) is 5.13. The molecule has 0 N–H and O–H groups in total. The number of carbonyl (C=O) groups excluding carboxylic acids is 1. The summed E-state index contributed by atoms with van der Waals surface area (Å²) in [6.45, 7) is 2.46. The molecule has 0 aliphatic carbocycles. The van der Waals surface area contributed by atoms with E-state index in [4.69, 9.17) is 23.2 Å². The number of hydrogen-bond acceptors (Lipinski definition) is 2. The average molecular weight is 393 g/mol. The Morgan fingerprint density at radius 1 is 1.30 bits per heavy atom. The second kappa shape index (κ2) is 6.48. The maximum Gasteiger partial charge on any atom is 0.264 e. The fourth-order valence-electron chi connectivity index (χ4n) is 1.74. The van der Waals surface area contributed by atoms with Crippen molar-refractivity contribution < 1.29 is 4.79 Å². The summed E-state index contributed by atoms with van der Waals surface area (Å²) in [5.74, 6) is -0.00475. The maximum atomic E-state index is 12.3. The molecule has 0 radical (unpaired) electrons. The van der Waals surface area contributed by atoms with Crippen LogP contribution in [0.2, 0.25) is 10.0 Å². The van der Waals surface area contributed by atoms with Crippen LogP contribution in [0.25, 0.3) is 0 Å². The molecule has 2 nitrogen and oxygen atoms in total. The zero-order valence-electron chi connectivity index (χ0n) is 10.9. The molecule has 0 spiro atoms. The summed E-state index contributed by atoms with van der Waals surface area (Å²) < 4.78 is 0.990. The number of thiophene rings is 1. The summed E-state index contributed by atoms with van der Waals surface area (Å²) in [6.07, 6.45) is 0. The monoisotopic (exact) mass is 391 g/mol. The number of hydrogen-bond donors (Lipinski definition) is 0. The van der Waals surface area contributed by atoms with Gasteiger partial charge in [-0.1, -0.05) is 29.3 Å². The third-order valence-electron chi connectivity index (χ3n) is 2.82. The predicted molar refractivity (Wildman–Crippen MR) is 89.0 cm³/mol. The van der Waals surface area contributed by atoms with Gasteiger partial charge >= 0.3 is 0 Å². The van der Waals surface area contributed by atoms with Crippen LogP contribution in [0.3, 0.4) is 0 Å². The van der Waals surface area contributed by atoms with Gasteiger partial charge in [0.15, 0.2) is 0 Å². The molecule has 1 aromatic carbocycles. The molecule has 1 aromatic heterocycles. The quantitative estimate of drug-likeness (QED) is 0.684. The molecule has 6 heteroatoms. The standard InChI is InChI=1S/C14H12BrCl2NOS/c1-8-5-12(20-13(8)15)14(19)18(2)7-9-3-4-10(16)11(17)6-9/h3-6H,7H2,1-2H3. The summed E-state index contributed by atoms with van der Waals surface area (Å²) in [5, 5.41) is 1.02. The van der Waals surface area contributed by atoms with Gasteiger partial charge in [-0.15, -0.1) is 11.3 Å². The fourth-order valence-corrected chi connectivity index (χ4v) is 3.59. The Bertz CT molecular complexity index is 637. The highest BCUT2D eigenvalue weighted by atomic mass is 79.9. The predicted octanol–water partition coefficient (Wildman–Crippen LogP) is 5.40. The highest BCUT2D eigenvalue weighted by Crippen LogP contribution is 2.28. The van der Waals surface area contributed by atoms with Gasteiger partial charge in [0.2, 0.25) is 0 Å². The Morgan fingerprint density at radius 2 is 2.00 bits per heavy atom. The summed E-state index contributed by atoms with van der Waals surface area (Å²) in [4.78, 5) is 14.7. The second-order valence-electron chi connectivity index (χ2n) is 4.48. The van der Waals surface area contributed by atoms with E-state index in [-0.39, 0.29) is 5.91 Å². The van der Waals surface area contributed by atoms with Gasteiger partial charge in [-0.3, -0.25) is 4.79 Å².